The van der Waals surface area contributed by atoms with Crippen LogP contribution in [0.5, 0.6) is 0 Å². The maximum Gasteiger partial charge on any atom is 0.416 e. The monoisotopic (exact) mass is 393 g/mol. The molecule has 0 saturated carbocycles. The number of benzene rings is 3. The first kappa shape index (κ1) is 21.3. The zero-order valence-corrected chi connectivity index (χ0v) is 15.9. The van der Waals surface area contributed by atoms with Crippen LogP contribution in [0.25, 0.3) is 10.8 Å². The van der Waals surface area contributed by atoms with Crippen LogP contribution in [-0.4, -0.2) is 6.54 Å². The van der Waals surface area contributed by atoms with E-state index >= 15 is 0 Å². The number of hydrogen-bond donors (Lipinski definition) is 1. The van der Waals surface area contributed by atoms with E-state index in [4.69, 9.17) is 0 Å². The second-order valence-electron chi connectivity index (χ2n) is 6.54. The molecule has 0 saturated heterocycles. The first-order valence-electron chi connectivity index (χ1n) is 8.82. The molecule has 1 atom stereocenters. The highest BCUT2D eigenvalue weighted by atomic mass is 35.5. The summed E-state index contributed by atoms with van der Waals surface area (Å²) in [5.74, 6) is 0. The van der Waals surface area contributed by atoms with Gasteiger partial charge in [-0.1, -0.05) is 54.6 Å². The van der Waals surface area contributed by atoms with Crippen molar-refractivity contribution in [3.05, 3.63) is 83.4 Å². The van der Waals surface area contributed by atoms with Crippen LogP contribution < -0.4 is 5.32 Å². The normalized spacial score (nSPS) is 12.6. The Morgan fingerprint density at radius 3 is 2.26 bits per heavy atom. The third-order valence-electron chi connectivity index (χ3n) is 4.66. The average molecular weight is 394 g/mol. The molecule has 0 aliphatic rings. The molecule has 1 unspecified atom stereocenters. The molecule has 3 rings (SSSR count). The maximum atomic E-state index is 12.6. The first-order chi connectivity index (χ1) is 12.4. The third kappa shape index (κ3) is 5.47. The van der Waals surface area contributed by atoms with Gasteiger partial charge in [0.25, 0.3) is 0 Å². The van der Waals surface area contributed by atoms with Crippen molar-refractivity contribution in [3.63, 3.8) is 0 Å². The Morgan fingerprint density at radius 1 is 0.889 bits per heavy atom. The Kier molecular flexibility index (Phi) is 7.28. The summed E-state index contributed by atoms with van der Waals surface area (Å²) in [5.41, 5.74) is 1.60. The molecule has 1 N–H and O–H groups in total. The van der Waals surface area contributed by atoms with Crippen LogP contribution in [0.1, 0.15) is 36.1 Å². The number of aryl methyl sites for hydroxylation is 1. The summed E-state index contributed by atoms with van der Waals surface area (Å²) in [6.07, 6.45) is -2.64. The lowest BCUT2D eigenvalue weighted by atomic mass is 9.99. The van der Waals surface area contributed by atoms with Gasteiger partial charge in [-0.3, -0.25) is 0 Å². The zero-order valence-electron chi connectivity index (χ0n) is 15.1. The number of halogens is 4. The van der Waals surface area contributed by atoms with Crippen LogP contribution in [0.3, 0.4) is 0 Å². The standard InChI is InChI=1S/C22H22F3N.ClH/c1-16(20-10-4-8-18-7-2-3-9-21(18)20)26-15-5-6-17-11-13-19(14-12-17)22(23,24)25;/h2-4,7-14,16,26H,5-6,15H2,1H3;1H. The van der Waals surface area contributed by atoms with E-state index in [1.807, 2.05) is 12.1 Å². The van der Waals surface area contributed by atoms with Gasteiger partial charge in [-0.25, -0.2) is 0 Å². The van der Waals surface area contributed by atoms with Gasteiger partial charge >= 0.3 is 6.18 Å². The van der Waals surface area contributed by atoms with Gasteiger partial charge in [-0.05, 0) is 60.3 Å². The largest absolute Gasteiger partial charge is 0.416 e. The molecular weight excluding hydrogens is 371 g/mol. The van der Waals surface area contributed by atoms with Gasteiger partial charge in [0.05, 0.1) is 5.56 Å². The smallest absolute Gasteiger partial charge is 0.310 e. The lowest BCUT2D eigenvalue weighted by Crippen LogP contribution is -2.20. The Morgan fingerprint density at radius 2 is 1.56 bits per heavy atom. The summed E-state index contributed by atoms with van der Waals surface area (Å²) in [5, 5.41) is 5.99. The van der Waals surface area contributed by atoms with Gasteiger partial charge in [0.2, 0.25) is 0 Å². The molecule has 0 fully saturated rings. The minimum Gasteiger partial charge on any atom is -0.310 e. The average Bonchev–Trinajstić information content (AvgIpc) is 2.64. The topological polar surface area (TPSA) is 12.0 Å². The van der Waals surface area contributed by atoms with Crippen LogP contribution in [0.4, 0.5) is 13.2 Å². The molecule has 27 heavy (non-hydrogen) atoms. The highest BCUT2D eigenvalue weighted by Crippen LogP contribution is 2.29. The van der Waals surface area contributed by atoms with E-state index in [-0.39, 0.29) is 18.4 Å². The van der Waals surface area contributed by atoms with Crippen molar-refractivity contribution >= 4 is 23.2 Å². The Labute approximate surface area is 164 Å². The molecule has 0 aliphatic carbocycles. The molecule has 0 aromatic heterocycles. The van der Waals surface area contributed by atoms with Crippen LogP contribution >= 0.6 is 12.4 Å². The fraction of sp³-hybridized carbons (Fsp3) is 0.273. The third-order valence-corrected chi connectivity index (χ3v) is 4.66. The van der Waals surface area contributed by atoms with Gasteiger partial charge in [-0.15, -0.1) is 12.4 Å². The summed E-state index contributed by atoms with van der Waals surface area (Å²) in [7, 11) is 0. The first-order valence-corrected chi connectivity index (χ1v) is 8.82. The summed E-state index contributed by atoms with van der Waals surface area (Å²) in [6.45, 7) is 2.95. The van der Waals surface area contributed by atoms with Crippen LogP contribution in [0.2, 0.25) is 0 Å². The lowest BCUT2D eigenvalue weighted by Gasteiger charge is -2.16. The van der Waals surface area contributed by atoms with E-state index in [9.17, 15) is 13.2 Å². The number of fused-ring (bicyclic) bond motifs is 1. The van der Waals surface area contributed by atoms with Gasteiger partial charge in [0.1, 0.15) is 0 Å². The van der Waals surface area contributed by atoms with Gasteiger partial charge < -0.3 is 5.32 Å². The molecule has 0 heterocycles. The van der Waals surface area contributed by atoms with Crippen molar-refractivity contribution in [1.82, 2.24) is 5.32 Å². The summed E-state index contributed by atoms with van der Waals surface area (Å²) < 4.78 is 37.7. The molecule has 3 aromatic carbocycles. The molecule has 0 radical (unpaired) electrons. The highest BCUT2D eigenvalue weighted by Gasteiger charge is 2.29. The molecular formula is C22H23ClF3N. The van der Waals surface area contributed by atoms with Crippen molar-refractivity contribution < 1.29 is 13.2 Å². The van der Waals surface area contributed by atoms with Crippen LogP contribution in [0, 0.1) is 0 Å². The second kappa shape index (κ2) is 9.25. The molecule has 1 nitrogen and oxygen atoms in total. The van der Waals surface area contributed by atoms with E-state index in [2.05, 4.69) is 42.6 Å². The molecule has 5 heteroatoms. The van der Waals surface area contributed by atoms with E-state index in [0.717, 1.165) is 37.1 Å². The van der Waals surface area contributed by atoms with Gasteiger partial charge in [0.15, 0.2) is 0 Å². The molecule has 0 spiro atoms. The van der Waals surface area contributed by atoms with E-state index in [0.29, 0.717) is 0 Å². The summed E-state index contributed by atoms with van der Waals surface area (Å²) >= 11 is 0. The van der Waals surface area contributed by atoms with Gasteiger partial charge in [0, 0.05) is 6.04 Å². The van der Waals surface area contributed by atoms with Crippen LogP contribution in [-0.2, 0) is 12.6 Å². The predicted octanol–water partition coefficient (Wildman–Crippen LogP) is 6.56. The highest BCUT2D eigenvalue weighted by molar-refractivity contribution is 5.86. The SMILES string of the molecule is CC(NCCCc1ccc(C(F)(F)F)cc1)c1cccc2ccccc12.Cl. The Balaban J connectivity index is 0.00000261. The fourth-order valence-electron chi connectivity index (χ4n) is 3.21. The second-order valence-corrected chi connectivity index (χ2v) is 6.54. The van der Waals surface area contributed by atoms with E-state index < -0.39 is 11.7 Å². The minimum atomic E-state index is -4.27. The number of nitrogens with one attached hydrogen (secondary N) is 1. The fourth-order valence-corrected chi connectivity index (χ4v) is 3.21. The molecule has 3 aromatic rings. The minimum absolute atomic E-state index is 0. The maximum absolute atomic E-state index is 12.6. The van der Waals surface area contributed by atoms with Crippen molar-refractivity contribution in [3.8, 4) is 0 Å². The van der Waals surface area contributed by atoms with Crippen molar-refractivity contribution in [2.45, 2.75) is 32.0 Å². The number of hydrogen-bond acceptors (Lipinski definition) is 1. The Bertz CT molecular complexity index is 854. The van der Waals surface area contributed by atoms with Crippen molar-refractivity contribution in [2.75, 3.05) is 6.54 Å². The predicted molar refractivity (Wildman–Crippen MR) is 107 cm³/mol. The molecule has 0 amide bonds. The quantitative estimate of drug-likeness (QED) is 0.467. The number of rotatable bonds is 6. The van der Waals surface area contributed by atoms with Crippen molar-refractivity contribution in [1.29, 1.82) is 0 Å². The Hall–Kier alpha value is -2.04. The zero-order chi connectivity index (χ0) is 18.6. The summed E-state index contributed by atoms with van der Waals surface area (Å²) in [6, 6.07) is 20.3. The molecule has 144 valence electrons. The van der Waals surface area contributed by atoms with Gasteiger partial charge in [-0.2, -0.15) is 13.2 Å². The van der Waals surface area contributed by atoms with E-state index in [1.54, 1.807) is 12.1 Å². The molecule has 0 bridgehead atoms. The number of alkyl halides is 3. The summed E-state index contributed by atoms with van der Waals surface area (Å²) in [4.78, 5) is 0. The lowest BCUT2D eigenvalue weighted by molar-refractivity contribution is -0.137. The molecule has 0 aliphatic heterocycles. The van der Waals surface area contributed by atoms with E-state index in [1.165, 1.54) is 16.3 Å². The van der Waals surface area contributed by atoms with Crippen LogP contribution in [0.15, 0.2) is 66.7 Å². The van der Waals surface area contributed by atoms with Crippen molar-refractivity contribution in [2.24, 2.45) is 0 Å².